The number of ether oxygens (including phenoxy) is 1. The Labute approximate surface area is 154 Å². The molecule has 0 spiro atoms. The molecule has 1 aliphatic rings. The fourth-order valence-electron chi connectivity index (χ4n) is 2.54. The van der Waals surface area contributed by atoms with Crippen LogP contribution in [-0.2, 0) is 4.79 Å². The molecule has 1 aromatic rings. The summed E-state index contributed by atoms with van der Waals surface area (Å²) in [5.74, 6) is 0.920. The van der Waals surface area contributed by atoms with Crippen molar-refractivity contribution in [1.82, 2.24) is 5.32 Å². The fraction of sp³-hybridized carbons (Fsp3) is 0.500. The number of guanidine groups is 1. The first-order valence-corrected chi connectivity index (χ1v) is 7.68. The number of nitrogens with zero attached hydrogens (tertiary/aromatic N) is 1. The van der Waals surface area contributed by atoms with E-state index < -0.39 is 0 Å². The van der Waals surface area contributed by atoms with E-state index in [4.69, 9.17) is 10.5 Å². The van der Waals surface area contributed by atoms with Crippen LogP contribution < -0.4 is 21.1 Å². The fourth-order valence-corrected chi connectivity index (χ4v) is 2.54. The quantitative estimate of drug-likeness (QED) is 0.379. The van der Waals surface area contributed by atoms with Gasteiger partial charge in [-0.3, -0.25) is 4.79 Å². The summed E-state index contributed by atoms with van der Waals surface area (Å²) >= 11 is 0. The van der Waals surface area contributed by atoms with Gasteiger partial charge in [-0.25, -0.2) is 4.99 Å². The lowest BCUT2D eigenvalue weighted by atomic mass is 9.95. The highest BCUT2D eigenvalue weighted by Gasteiger charge is 2.15. The van der Waals surface area contributed by atoms with Gasteiger partial charge in [-0.1, -0.05) is 19.3 Å². The third-order valence-electron chi connectivity index (χ3n) is 3.73. The molecular weight excluding hydrogens is 407 g/mol. The smallest absolute Gasteiger partial charge is 0.242 e. The zero-order valence-electron chi connectivity index (χ0n) is 13.4. The second-order valence-electron chi connectivity index (χ2n) is 5.46. The summed E-state index contributed by atoms with van der Waals surface area (Å²) < 4.78 is 5.08. The lowest BCUT2D eigenvalue weighted by molar-refractivity contribution is -0.120. The molecule has 1 saturated carbocycles. The van der Waals surface area contributed by atoms with Gasteiger partial charge in [-0.15, -0.1) is 24.0 Å². The summed E-state index contributed by atoms with van der Waals surface area (Å²) in [6.45, 7) is 0.0471. The first-order valence-electron chi connectivity index (χ1n) is 7.68. The third kappa shape index (κ3) is 7.06. The van der Waals surface area contributed by atoms with E-state index in [0.29, 0.717) is 6.04 Å². The Kier molecular flexibility index (Phi) is 8.75. The number of halogens is 1. The summed E-state index contributed by atoms with van der Waals surface area (Å²) in [6, 6.07) is 7.62. The van der Waals surface area contributed by atoms with Gasteiger partial charge in [0.05, 0.1) is 7.11 Å². The average molecular weight is 432 g/mol. The number of nitrogens with two attached hydrogens (primary N) is 1. The highest BCUT2D eigenvalue weighted by molar-refractivity contribution is 14.0. The molecule has 4 N–H and O–H groups in total. The standard InChI is InChI=1S/C16H24N4O2.HI/c1-22-14-9-7-13(8-10-14)20-16(17)18-11-15(21)19-12-5-3-2-4-6-12;/h7-10,12H,2-6,11H2,1H3,(H,19,21)(H3,17,18,20);1H. The molecule has 0 radical (unpaired) electrons. The Balaban J connectivity index is 0.00000264. The summed E-state index contributed by atoms with van der Waals surface area (Å²) in [5, 5.41) is 5.95. The van der Waals surface area contributed by atoms with Crippen molar-refractivity contribution < 1.29 is 9.53 Å². The molecule has 7 heteroatoms. The van der Waals surface area contributed by atoms with E-state index >= 15 is 0 Å². The monoisotopic (exact) mass is 432 g/mol. The van der Waals surface area contributed by atoms with Gasteiger partial charge in [0.2, 0.25) is 5.91 Å². The Morgan fingerprint density at radius 3 is 2.52 bits per heavy atom. The second kappa shape index (κ2) is 10.3. The average Bonchev–Trinajstić information content (AvgIpc) is 2.55. The molecule has 6 nitrogen and oxygen atoms in total. The van der Waals surface area contributed by atoms with E-state index in [9.17, 15) is 4.79 Å². The van der Waals surface area contributed by atoms with E-state index in [-0.39, 0.29) is 42.4 Å². The van der Waals surface area contributed by atoms with E-state index in [0.717, 1.165) is 24.3 Å². The van der Waals surface area contributed by atoms with Gasteiger partial charge in [0.15, 0.2) is 5.96 Å². The number of carbonyl (C=O) groups is 1. The first kappa shape index (κ1) is 19.5. The maximum Gasteiger partial charge on any atom is 0.242 e. The first-order chi connectivity index (χ1) is 10.7. The predicted molar refractivity (Wildman–Crippen MR) is 104 cm³/mol. The van der Waals surface area contributed by atoms with Crippen LogP contribution in [0.25, 0.3) is 0 Å². The summed E-state index contributed by atoms with van der Waals surface area (Å²) in [5.41, 5.74) is 6.59. The lowest BCUT2D eigenvalue weighted by Gasteiger charge is -2.22. The lowest BCUT2D eigenvalue weighted by Crippen LogP contribution is -2.38. The number of anilines is 1. The van der Waals surface area contributed by atoms with Crippen molar-refractivity contribution in [1.29, 1.82) is 0 Å². The summed E-state index contributed by atoms with van der Waals surface area (Å²) in [7, 11) is 1.61. The van der Waals surface area contributed by atoms with Gasteiger partial charge in [0.1, 0.15) is 12.3 Å². The van der Waals surface area contributed by atoms with Crippen molar-refractivity contribution in [3.05, 3.63) is 24.3 Å². The Hall–Kier alpha value is -1.51. The second-order valence-corrected chi connectivity index (χ2v) is 5.46. The largest absolute Gasteiger partial charge is 0.497 e. The number of aliphatic imine (C=N–C) groups is 1. The molecule has 0 unspecified atom stereocenters. The maximum atomic E-state index is 11.8. The van der Waals surface area contributed by atoms with Crippen molar-refractivity contribution >= 4 is 41.5 Å². The van der Waals surface area contributed by atoms with Crippen LogP contribution >= 0.6 is 24.0 Å². The van der Waals surface area contributed by atoms with E-state index in [1.807, 2.05) is 24.3 Å². The van der Waals surface area contributed by atoms with Crippen LogP contribution in [0, 0.1) is 0 Å². The van der Waals surface area contributed by atoms with Crippen LogP contribution in [-0.4, -0.2) is 31.6 Å². The minimum atomic E-state index is -0.0774. The highest BCUT2D eigenvalue weighted by atomic mass is 127. The molecule has 1 amide bonds. The number of hydrogen-bond acceptors (Lipinski definition) is 3. The van der Waals surface area contributed by atoms with Gasteiger partial charge in [0.25, 0.3) is 0 Å². The van der Waals surface area contributed by atoms with Crippen LogP contribution in [0.1, 0.15) is 32.1 Å². The summed E-state index contributed by atoms with van der Waals surface area (Å²) in [4.78, 5) is 15.9. The number of hydrogen-bond donors (Lipinski definition) is 3. The van der Waals surface area contributed by atoms with Crippen molar-refractivity contribution in [2.45, 2.75) is 38.1 Å². The van der Waals surface area contributed by atoms with Gasteiger partial charge < -0.3 is 21.1 Å². The molecule has 0 bridgehead atoms. The van der Waals surface area contributed by atoms with Gasteiger partial charge in [-0.05, 0) is 37.1 Å². The van der Waals surface area contributed by atoms with Crippen molar-refractivity contribution in [2.24, 2.45) is 10.7 Å². The van der Waals surface area contributed by atoms with Gasteiger partial charge in [0, 0.05) is 11.7 Å². The molecule has 1 aromatic carbocycles. The number of carbonyl (C=O) groups excluding carboxylic acids is 1. The highest BCUT2D eigenvalue weighted by Crippen LogP contribution is 2.17. The van der Waals surface area contributed by atoms with Crippen molar-refractivity contribution in [2.75, 3.05) is 19.0 Å². The third-order valence-corrected chi connectivity index (χ3v) is 3.73. The Morgan fingerprint density at radius 2 is 1.91 bits per heavy atom. The van der Waals surface area contributed by atoms with Crippen molar-refractivity contribution in [3.63, 3.8) is 0 Å². The molecule has 0 saturated heterocycles. The van der Waals surface area contributed by atoms with Crippen LogP contribution in [0.5, 0.6) is 5.75 Å². The number of amides is 1. The normalized spacial score (nSPS) is 15.4. The topological polar surface area (TPSA) is 88.7 Å². The maximum absolute atomic E-state index is 11.8. The molecule has 0 aromatic heterocycles. The minimum Gasteiger partial charge on any atom is -0.497 e. The van der Waals surface area contributed by atoms with Crippen LogP contribution in [0.2, 0.25) is 0 Å². The molecule has 0 heterocycles. The SMILES string of the molecule is COc1ccc(NC(N)=NCC(=O)NC2CCCCC2)cc1.I. The molecule has 1 aliphatic carbocycles. The van der Waals surface area contributed by atoms with Crippen LogP contribution in [0.15, 0.2) is 29.3 Å². The van der Waals surface area contributed by atoms with E-state index in [2.05, 4.69) is 15.6 Å². The Bertz CT molecular complexity index is 513. The van der Waals surface area contributed by atoms with E-state index in [1.54, 1.807) is 7.11 Å². The summed E-state index contributed by atoms with van der Waals surface area (Å²) in [6.07, 6.45) is 5.78. The number of benzene rings is 1. The number of nitrogens with one attached hydrogen (secondary N) is 2. The zero-order valence-corrected chi connectivity index (χ0v) is 15.7. The predicted octanol–water partition coefficient (Wildman–Crippen LogP) is 2.49. The molecule has 1 fully saturated rings. The molecule has 23 heavy (non-hydrogen) atoms. The van der Waals surface area contributed by atoms with Crippen LogP contribution in [0.4, 0.5) is 5.69 Å². The van der Waals surface area contributed by atoms with Gasteiger partial charge in [-0.2, -0.15) is 0 Å². The molecule has 0 atom stereocenters. The molecule has 128 valence electrons. The molecule has 2 rings (SSSR count). The van der Waals surface area contributed by atoms with E-state index in [1.165, 1.54) is 19.3 Å². The number of rotatable bonds is 5. The van der Waals surface area contributed by atoms with Gasteiger partial charge >= 0.3 is 0 Å². The van der Waals surface area contributed by atoms with Crippen molar-refractivity contribution in [3.8, 4) is 5.75 Å². The number of methoxy groups -OCH3 is 1. The molecular formula is C16H25IN4O2. The zero-order chi connectivity index (χ0) is 15.8. The molecule has 0 aliphatic heterocycles. The minimum absolute atomic E-state index is 0. The van der Waals surface area contributed by atoms with Crippen LogP contribution in [0.3, 0.4) is 0 Å². The Morgan fingerprint density at radius 1 is 1.26 bits per heavy atom.